The molecule has 8 fully saturated rings. The Labute approximate surface area is 545 Å². The van der Waals surface area contributed by atoms with Gasteiger partial charge in [-0.1, -0.05) is 0 Å². The van der Waals surface area contributed by atoms with E-state index in [-0.39, 0.29) is 0 Å². The van der Waals surface area contributed by atoms with Gasteiger partial charge >= 0.3 is 0 Å². The van der Waals surface area contributed by atoms with Crippen LogP contribution in [0.4, 0.5) is 0 Å². The Hall–Kier alpha value is -3.03. The first kappa shape index (κ1) is 78.7. The number of nitrogens with one attached hydrogen (secondary N) is 3. The maximum absolute atomic E-state index is 13.1. The molecule has 8 aliphatic rings. The number of ether oxygens (including phenoxy) is 15. The van der Waals surface area contributed by atoms with Crippen LogP contribution in [0.1, 0.15) is 34.6 Å². The van der Waals surface area contributed by atoms with Gasteiger partial charge in [0, 0.05) is 20.8 Å². The largest absolute Gasteiger partial charge is 0.394 e. The number of amides is 3. The van der Waals surface area contributed by atoms with Crippen LogP contribution in [0.5, 0.6) is 0 Å². The Bertz CT molecular complexity index is 2470. The molecule has 24 N–H and O–H groups in total. The third kappa shape index (κ3) is 17.0. The molecule has 0 spiro atoms. The second-order valence-electron chi connectivity index (χ2n) is 24.6. The standard InChI is InChI=1S/C54H91N3O39/c1-12-26(66)33(73)37(77)50(83-12)92-42-21(10-62)90-49(25(57-16(5)65)44(42)94-52-39(79)35(75)28(68)17(6-58)86-52)95-45-30(70)19(8-60)87-53(40(45)80)91-41-20(9-61)89-48(23(32(41)72)55-14(3)63)82-11-22-31(71)43(24(47(81)85-22)56-15(4)64)93-54-46(36(76)29(69)18(7-59)88-54)96-51-38(78)34(74)27(67)13(2)84-51/h12-13,17-54,58-62,66-81H,6-11H2,1-5H3,(H,55,63)(H,56,64)(H,57,65)/t12-,13-,17+,18+,19+,20+,21+,22+,23+,24+,25+,26+,27+,28-,29-,30-,31-,32+,33+,34+,35-,36-,37-,38-,39+,40+,41+,42+,43+,44+,45-,46+,47?,48+,49-,50-,51-,52-,53-,54-/m0/s1. The van der Waals surface area contributed by atoms with E-state index in [0.717, 1.165) is 20.8 Å². The van der Waals surface area contributed by atoms with Gasteiger partial charge < -0.3 is 194 Å². The Morgan fingerprint density at radius 2 is 0.656 bits per heavy atom. The van der Waals surface area contributed by atoms with Gasteiger partial charge in [0.25, 0.3) is 0 Å². The summed E-state index contributed by atoms with van der Waals surface area (Å²) in [7, 11) is 0. The number of carbonyl (C=O) groups is 3. The highest BCUT2D eigenvalue weighted by Gasteiger charge is 2.60. The quantitative estimate of drug-likeness (QED) is 0.0452. The average molecular weight is 1410 g/mol. The van der Waals surface area contributed by atoms with Crippen molar-refractivity contribution in [2.75, 3.05) is 39.6 Å². The highest BCUT2D eigenvalue weighted by Crippen LogP contribution is 2.39. The number of hydrogen-bond acceptors (Lipinski definition) is 39. The molecular formula is C54H91N3O39. The molecule has 0 aromatic rings. The molecule has 8 aliphatic heterocycles. The fourth-order valence-electron chi connectivity index (χ4n) is 12.5. The maximum Gasteiger partial charge on any atom is 0.217 e. The van der Waals surface area contributed by atoms with E-state index in [1.165, 1.54) is 13.8 Å². The van der Waals surface area contributed by atoms with Crippen molar-refractivity contribution >= 4 is 17.7 Å². The third-order valence-electron chi connectivity index (χ3n) is 17.8. The van der Waals surface area contributed by atoms with Crippen molar-refractivity contribution in [1.29, 1.82) is 0 Å². The molecule has 0 saturated carbocycles. The smallest absolute Gasteiger partial charge is 0.217 e. The molecule has 40 atom stereocenters. The zero-order valence-corrected chi connectivity index (χ0v) is 52.1. The molecular weight excluding hydrogens is 1310 g/mol. The van der Waals surface area contributed by atoms with Crippen LogP contribution in [0.3, 0.4) is 0 Å². The van der Waals surface area contributed by atoms with Gasteiger partial charge in [0.1, 0.15) is 183 Å². The van der Waals surface area contributed by atoms with Crippen LogP contribution in [0.15, 0.2) is 0 Å². The zero-order valence-electron chi connectivity index (χ0n) is 52.1. The van der Waals surface area contributed by atoms with Crippen LogP contribution >= 0.6 is 0 Å². The second-order valence-corrected chi connectivity index (χ2v) is 24.6. The van der Waals surface area contributed by atoms with Gasteiger partial charge in [-0.15, -0.1) is 0 Å². The first-order valence-corrected chi connectivity index (χ1v) is 30.8. The predicted molar refractivity (Wildman–Crippen MR) is 296 cm³/mol. The van der Waals surface area contributed by atoms with Crippen molar-refractivity contribution in [1.82, 2.24) is 16.0 Å². The molecule has 0 radical (unpaired) electrons. The van der Waals surface area contributed by atoms with Crippen molar-refractivity contribution in [3.05, 3.63) is 0 Å². The van der Waals surface area contributed by atoms with Crippen molar-refractivity contribution in [2.24, 2.45) is 0 Å². The minimum Gasteiger partial charge on any atom is -0.394 e. The Kier molecular flexibility index (Phi) is 27.7. The molecule has 8 heterocycles. The summed E-state index contributed by atoms with van der Waals surface area (Å²) in [6.07, 6.45) is -70.8. The van der Waals surface area contributed by atoms with Crippen molar-refractivity contribution in [3.8, 4) is 0 Å². The first-order chi connectivity index (χ1) is 45.3. The van der Waals surface area contributed by atoms with Crippen molar-refractivity contribution in [2.45, 2.75) is 280 Å². The van der Waals surface area contributed by atoms with E-state index < -0.39 is 303 Å². The second kappa shape index (κ2) is 33.8. The molecule has 8 rings (SSSR count). The average Bonchev–Trinajstić information content (AvgIpc) is 0.772. The minimum absolute atomic E-state index is 0.831. The summed E-state index contributed by atoms with van der Waals surface area (Å²) in [5.41, 5.74) is 0. The normalized spacial score (nSPS) is 50.3. The van der Waals surface area contributed by atoms with Crippen LogP contribution in [0, 0.1) is 0 Å². The Morgan fingerprint density at radius 3 is 1.18 bits per heavy atom. The van der Waals surface area contributed by atoms with E-state index in [1.54, 1.807) is 0 Å². The maximum atomic E-state index is 13.1. The topological polar surface area (TPSA) is 651 Å². The van der Waals surface area contributed by atoms with Crippen LogP contribution in [0.2, 0.25) is 0 Å². The lowest BCUT2D eigenvalue weighted by Gasteiger charge is -2.52. The van der Waals surface area contributed by atoms with Gasteiger partial charge in [-0.05, 0) is 13.8 Å². The molecule has 42 nitrogen and oxygen atoms in total. The molecule has 556 valence electrons. The fourth-order valence-corrected chi connectivity index (χ4v) is 12.5. The Morgan fingerprint density at radius 1 is 0.292 bits per heavy atom. The molecule has 0 aliphatic carbocycles. The van der Waals surface area contributed by atoms with Gasteiger partial charge in [-0.3, -0.25) is 14.4 Å². The van der Waals surface area contributed by atoms with Crippen LogP contribution in [-0.4, -0.2) is 410 Å². The molecule has 0 aromatic carbocycles. The number of hydrogen-bond donors (Lipinski definition) is 24. The van der Waals surface area contributed by atoms with Gasteiger partial charge in [-0.25, -0.2) is 0 Å². The summed E-state index contributed by atoms with van der Waals surface area (Å²) in [6, 6.07) is -5.41. The number of aliphatic hydroxyl groups is 21. The Balaban J connectivity index is 1.02. The zero-order chi connectivity index (χ0) is 70.8. The molecule has 0 aromatic heterocycles. The summed E-state index contributed by atoms with van der Waals surface area (Å²) in [6.45, 7) is -0.574. The summed E-state index contributed by atoms with van der Waals surface area (Å²) in [5, 5.41) is 237. The predicted octanol–water partition coefficient (Wildman–Crippen LogP) is -16.0. The monoisotopic (exact) mass is 1410 g/mol. The molecule has 42 heteroatoms. The van der Waals surface area contributed by atoms with Crippen molar-refractivity contribution < 1.29 is 193 Å². The van der Waals surface area contributed by atoms with E-state index in [2.05, 4.69) is 16.0 Å². The lowest BCUT2D eigenvalue weighted by molar-refractivity contribution is -0.390. The lowest BCUT2D eigenvalue weighted by Crippen LogP contribution is -2.71. The molecule has 3 amide bonds. The molecule has 96 heavy (non-hydrogen) atoms. The fraction of sp³-hybridized carbons (Fsp3) is 0.944. The first-order valence-electron chi connectivity index (χ1n) is 30.8. The summed E-state index contributed by atoms with van der Waals surface area (Å²) in [4.78, 5) is 38.5. The molecule has 8 saturated heterocycles. The number of carbonyl (C=O) groups excluding carboxylic acids is 3. The molecule has 0 bridgehead atoms. The van der Waals surface area contributed by atoms with E-state index >= 15 is 0 Å². The van der Waals surface area contributed by atoms with Gasteiger partial charge in [0.2, 0.25) is 17.7 Å². The molecule has 1 unspecified atom stereocenters. The third-order valence-corrected chi connectivity index (χ3v) is 17.8. The SMILES string of the molecule is CC(=O)N[C@H]1[C@H](OC[C@H]2OC(O)[C@H](NC(C)=O)[C@@H](O[C@@H]3O[C@H](CO)[C@H](O)[C@H](O)[C@H]3O[C@@H]3O[C@@H](C)[C@@H](O)[C@@H](O)[C@@H]3O)[C@H]2O)O[C@H](CO)[C@@H](O[C@@H]2O[C@H](CO)[C@H](O)[C@H](O[C@@H]3O[C@H](CO)[C@@H](O[C@@H]4O[C@@H](C)[C@@H](O)[C@@H](O)[C@@H]4O)[C@H](O[C@@H]4O[C@H](CO)[C@H](O)[C@H](O)[C@H]4O)[C@H]3NC(C)=O)[C@H]2O)[C@@H]1O. The van der Waals surface area contributed by atoms with Crippen LogP contribution < -0.4 is 16.0 Å². The highest BCUT2D eigenvalue weighted by atomic mass is 16.8. The van der Waals surface area contributed by atoms with Gasteiger partial charge in [0.05, 0.1) is 51.8 Å². The van der Waals surface area contributed by atoms with E-state index in [1.807, 2.05) is 0 Å². The van der Waals surface area contributed by atoms with Crippen molar-refractivity contribution in [3.63, 3.8) is 0 Å². The van der Waals surface area contributed by atoms with E-state index in [0.29, 0.717) is 0 Å². The lowest BCUT2D eigenvalue weighted by atomic mass is 9.93. The summed E-state index contributed by atoms with van der Waals surface area (Å²) >= 11 is 0. The van der Waals surface area contributed by atoms with Crippen LogP contribution in [-0.2, 0) is 85.4 Å². The summed E-state index contributed by atoms with van der Waals surface area (Å²) < 4.78 is 88.2. The summed E-state index contributed by atoms with van der Waals surface area (Å²) in [5.74, 6) is -2.63. The number of rotatable bonds is 23. The minimum atomic E-state index is -2.33. The van der Waals surface area contributed by atoms with E-state index in [4.69, 9.17) is 71.1 Å². The van der Waals surface area contributed by atoms with Gasteiger partial charge in [-0.2, -0.15) is 0 Å². The van der Waals surface area contributed by atoms with E-state index in [9.17, 15) is 122 Å². The number of aliphatic hydroxyl groups excluding tert-OH is 21. The van der Waals surface area contributed by atoms with Crippen LogP contribution in [0.25, 0.3) is 0 Å². The highest BCUT2D eigenvalue weighted by molar-refractivity contribution is 5.74. The van der Waals surface area contributed by atoms with Gasteiger partial charge in [0.15, 0.2) is 50.3 Å².